The van der Waals surface area contributed by atoms with Crippen molar-refractivity contribution in [2.24, 2.45) is 0 Å². The molecule has 1 spiro atoms. The third-order valence-corrected chi connectivity index (χ3v) is 17.8. The smallest absolute Gasteiger partial charge is 0.252 e. The van der Waals surface area contributed by atoms with Crippen LogP contribution >= 0.6 is 0 Å². The number of benzene rings is 9. The minimum atomic E-state index is -0.606. The summed E-state index contributed by atoms with van der Waals surface area (Å²) in [5, 5.41) is 7.95. The maximum absolute atomic E-state index is 2.80. The quantitative estimate of drug-likeness (QED) is 0.145. The molecule has 9 aromatic carbocycles. The molecule has 0 unspecified atom stereocenters. The lowest BCUT2D eigenvalue weighted by Crippen LogP contribution is -2.61. The minimum Gasteiger partial charge on any atom is -0.310 e. The number of fused-ring (bicyclic) bond motifs is 15. The molecule has 2 nitrogen and oxygen atoms in total. The van der Waals surface area contributed by atoms with Crippen LogP contribution in [-0.2, 0) is 27.1 Å². The van der Waals surface area contributed by atoms with Crippen molar-refractivity contribution in [3.05, 3.63) is 196 Å². The lowest BCUT2D eigenvalue weighted by molar-refractivity contribution is 0.588. The van der Waals surface area contributed by atoms with Gasteiger partial charge in [0.05, 0.1) is 22.1 Å². The molecule has 2 aromatic heterocycles. The maximum atomic E-state index is 2.80. The second-order valence-electron chi connectivity index (χ2n) is 26.2. The molecule has 72 heavy (non-hydrogen) atoms. The molecule has 3 aliphatic heterocycles. The summed E-state index contributed by atoms with van der Waals surface area (Å²) in [6, 6.07) is 60.7. The van der Waals surface area contributed by atoms with Crippen LogP contribution in [0.5, 0.6) is 0 Å². The molecule has 5 heterocycles. The van der Waals surface area contributed by atoms with Crippen molar-refractivity contribution in [1.82, 2.24) is 9.13 Å². The summed E-state index contributed by atoms with van der Waals surface area (Å²) < 4.78 is 5.55. The predicted octanol–water partition coefficient (Wildman–Crippen LogP) is 15.7. The standard InChI is InChI=1S/C69H61BN2/c1-65(2,3)41-27-28-58-48(30-41)49-32-43(67(7,8)9)35-56-61(49)71(58)63-47(40-26-25-38-19-13-14-20-39(38)29-40)37-55-64-59(63)70(56)57-36-44(68(10,11)12)33-51-50-31-42(66(4,5)6)34-54(60(50)72(64)62(51)57)69(55)52-23-17-15-21-45(52)46-22-16-18-24-53(46)69/h13-37H,1-12H3. The van der Waals surface area contributed by atoms with E-state index in [0.29, 0.717) is 0 Å². The number of aromatic nitrogens is 2. The average molecular weight is 929 g/mol. The summed E-state index contributed by atoms with van der Waals surface area (Å²) in [6.45, 7) is 28.7. The van der Waals surface area contributed by atoms with Gasteiger partial charge in [-0.05, 0) is 152 Å². The Morgan fingerprint density at radius 2 is 0.875 bits per heavy atom. The van der Waals surface area contributed by atoms with Gasteiger partial charge in [0.1, 0.15) is 0 Å². The zero-order chi connectivity index (χ0) is 49.5. The van der Waals surface area contributed by atoms with Gasteiger partial charge in [0.25, 0.3) is 6.71 Å². The van der Waals surface area contributed by atoms with Crippen LogP contribution in [-0.4, -0.2) is 15.8 Å². The van der Waals surface area contributed by atoms with E-state index in [4.69, 9.17) is 0 Å². The third-order valence-electron chi connectivity index (χ3n) is 17.8. The van der Waals surface area contributed by atoms with Crippen molar-refractivity contribution in [3.63, 3.8) is 0 Å². The van der Waals surface area contributed by atoms with Crippen molar-refractivity contribution in [3.8, 4) is 33.6 Å². The third kappa shape index (κ3) is 5.17. The van der Waals surface area contributed by atoms with Crippen LogP contribution in [0, 0.1) is 0 Å². The molecule has 0 atom stereocenters. The Morgan fingerprint density at radius 1 is 0.361 bits per heavy atom. The van der Waals surface area contributed by atoms with Crippen molar-refractivity contribution < 1.29 is 0 Å². The molecule has 11 aromatic rings. The molecular formula is C69H61BN2. The van der Waals surface area contributed by atoms with E-state index in [1.165, 1.54) is 149 Å². The highest BCUT2D eigenvalue weighted by Gasteiger charge is 2.55. The van der Waals surface area contributed by atoms with Gasteiger partial charge in [0, 0.05) is 43.8 Å². The van der Waals surface area contributed by atoms with Crippen LogP contribution in [0.15, 0.2) is 152 Å². The van der Waals surface area contributed by atoms with Gasteiger partial charge in [-0.15, -0.1) is 0 Å². The van der Waals surface area contributed by atoms with E-state index in [1.54, 1.807) is 0 Å². The molecule has 3 heteroatoms. The van der Waals surface area contributed by atoms with Gasteiger partial charge < -0.3 is 9.13 Å². The van der Waals surface area contributed by atoms with E-state index in [0.717, 1.165) is 0 Å². The first kappa shape index (κ1) is 42.6. The van der Waals surface area contributed by atoms with Gasteiger partial charge in [0.2, 0.25) is 0 Å². The first-order valence-corrected chi connectivity index (χ1v) is 26.5. The SMILES string of the molecule is CC(C)(C)c1ccc2c(c1)c1cc(C(C)(C)C)cc3c1n2-c1c(-c2ccc4ccccc4c2)cc2c4c1B3c1cc(C(C)(C)C)cc3c5cc(C(C)(C)C)cc(c5n-4c13)C21c2ccccc2-c2ccccc21. The fraction of sp³-hybridized carbons (Fsp3) is 0.246. The van der Waals surface area contributed by atoms with E-state index < -0.39 is 5.41 Å². The highest BCUT2D eigenvalue weighted by atomic mass is 15.1. The van der Waals surface area contributed by atoms with Gasteiger partial charge in [-0.3, -0.25) is 0 Å². The molecule has 0 N–H and O–H groups in total. The van der Waals surface area contributed by atoms with Crippen molar-refractivity contribution >= 4 is 77.5 Å². The van der Waals surface area contributed by atoms with Gasteiger partial charge in [-0.1, -0.05) is 192 Å². The van der Waals surface area contributed by atoms with Crippen LogP contribution in [0.3, 0.4) is 0 Å². The van der Waals surface area contributed by atoms with Gasteiger partial charge >= 0.3 is 0 Å². The lowest BCUT2D eigenvalue weighted by atomic mass is 9.33. The first-order chi connectivity index (χ1) is 34.2. The molecule has 0 fully saturated rings. The van der Waals surface area contributed by atoms with Gasteiger partial charge in [0.15, 0.2) is 0 Å². The summed E-state index contributed by atoms with van der Waals surface area (Å²) in [5.74, 6) is 0. The molecule has 0 amide bonds. The Hall–Kier alpha value is -7.10. The van der Waals surface area contributed by atoms with Crippen molar-refractivity contribution in [1.29, 1.82) is 0 Å². The molecule has 4 aliphatic rings. The minimum absolute atomic E-state index is 0.0116. The Balaban J connectivity index is 1.26. The summed E-state index contributed by atoms with van der Waals surface area (Å²) in [6.07, 6.45) is 0. The predicted molar refractivity (Wildman–Crippen MR) is 308 cm³/mol. The number of hydrogen-bond donors (Lipinski definition) is 0. The van der Waals surface area contributed by atoms with Crippen LogP contribution in [0.2, 0.25) is 0 Å². The van der Waals surface area contributed by atoms with Gasteiger partial charge in [-0.2, -0.15) is 0 Å². The molecule has 0 radical (unpaired) electrons. The number of nitrogens with zero attached hydrogens (tertiary/aromatic N) is 2. The second-order valence-corrected chi connectivity index (χ2v) is 26.2. The van der Waals surface area contributed by atoms with E-state index >= 15 is 0 Å². The fourth-order valence-corrected chi connectivity index (χ4v) is 14.2. The van der Waals surface area contributed by atoms with Gasteiger partial charge in [-0.25, -0.2) is 0 Å². The Morgan fingerprint density at radius 3 is 1.49 bits per heavy atom. The topological polar surface area (TPSA) is 9.86 Å². The normalized spacial score (nSPS) is 15.0. The summed E-state index contributed by atoms with van der Waals surface area (Å²) in [7, 11) is 0. The Kier molecular flexibility index (Phi) is 7.86. The second kappa shape index (κ2) is 13.3. The lowest BCUT2D eigenvalue weighted by Gasteiger charge is -2.45. The highest BCUT2D eigenvalue weighted by molar-refractivity contribution is 7.00. The number of hydrogen-bond acceptors (Lipinski definition) is 0. The summed E-state index contributed by atoms with van der Waals surface area (Å²) in [4.78, 5) is 0. The maximum Gasteiger partial charge on any atom is 0.252 e. The van der Waals surface area contributed by atoms with Crippen LogP contribution < -0.4 is 16.4 Å². The molecule has 1 aliphatic carbocycles. The fourth-order valence-electron chi connectivity index (χ4n) is 14.2. The molecule has 0 bridgehead atoms. The van der Waals surface area contributed by atoms with Crippen molar-refractivity contribution in [2.75, 3.05) is 0 Å². The Bertz CT molecular complexity index is 4260. The monoisotopic (exact) mass is 928 g/mol. The highest BCUT2D eigenvalue weighted by Crippen LogP contribution is 2.63. The Labute approximate surface area is 424 Å². The van der Waals surface area contributed by atoms with E-state index in [9.17, 15) is 0 Å². The van der Waals surface area contributed by atoms with E-state index in [2.05, 4.69) is 244 Å². The van der Waals surface area contributed by atoms with Crippen LogP contribution in [0.4, 0.5) is 0 Å². The first-order valence-electron chi connectivity index (χ1n) is 26.5. The molecular weight excluding hydrogens is 868 g/mol. The molecule has 15 rings (SSSR count). The summed E-state index contributed by atoms with van der Waals surface area (Å²) in [5.41, 5.74) is 27.7. The summed E-state index contributed by atoms with van der Waals surface area (Å²) >= 11 is 0. The van der Waals surface area contributed by atoms with Crippen LogP contribution in [0.1, 0.15) is 128 Å². The number of rotatable bonds is 1. The zero-order valence-corrected chi connectivity index (χ0v) is 43.9. The molecule has 350 valence electrons. The van der Waals surface area contributed by atoms with E-state index in [1.807, 2.05) is 0 Å². The van der Waals surface area contributed by atoms with E-state index in [-0.39, 0.29) is 28.4 Å². The zero-order valence-electron chi connectivity index (χ0n) is 43.9. The van der Waals surface area contributed by atoms with Crippen LogP contribution in [0.25, 0.3) is 88.0 Å². The van der Waals surface area contributed by atoms with Crippen molar-refractivity contribution in [2.45, 2.75) is 110 Å². The largest absolute Gasteiger partial charge is 0.310 e. The molecule has 0 saturated heterocycles. The average Bonchev–Trinajstić information content (AvgIpc) is 3.97. The molecule has 0 saturated carbocycles.